The van der Waals surface area contributed by atoms with E-state index in [9.17, 15) is 4.79 Å². The van der Waals surface area contributed by atoms with E-state index in [2.05, 4.69) is 18.4 Å². The molecule has 0 aliphatic heterocycles. The molecule has 4 nitrogen and oxygen atoms in total. The summed E-state index contributed by atoms with van der Waals surface area (Å²) in [6.07, 6.45) is 1.84. The SMILES string of the molecule is C=CCCO[C@H](C)C(=O)OCC#Cc1cccc(OC)c1. The van der Waals surface area contributed by atoms with Crippen LogP contribution in [0.15, 0.2) is 36.9 Å². The van der Waals surface area contributed by atoms with Crippen molar-refractivity contribution in [3.05, 3.63) is 42.5 Å². The lowest BCUT2D eigenvalue weighted by atomic mass is 10.2. The van der Waals surface area contributed by atoms with Crippen LogP contribution in [0.4, 0.5) is 0 Å². The fourth-order valence-corrected chi connectivity index (χ4v) is 1.46. The lowest BCUT2D eigenvalue weighted by Crippen LogP contribution is -2.23. The maximum atomic E-state index is 11.6. The molecule has 0 fully saturated rings. The largest absolute Gasteiger partial charge is 0.497 e. The molecule has 112 valence electrons. The van der Waals surface area contributed by atoms with Crippen molar-refractivity contribution >= 4 is 5.97 Å². The predicted octanol–water partition coefficient (Wildman–Crippen LogP) is 2.57. The minimum atomic E-state index is -0.594. The molecule has 0 saturated heterocycles. The minimum Gasteiger partial charge on any atom is -0.497 e. The molecule has 0 N–H and O–H groups in total. The van der Waals surface area contributed by atoms with Crippen LogP contribution >= 0.6 is 0 Å². The fraction of sp³-hybridized carbons (Fsp3) is 0.353. The summed E-state index contributed by atoms with van der Waals surface area (Å²) in [6.45, 7) is 5.72. The zero-order chi connectivity index (χ0) is 15.5. The Morgan fingerprint density at radius 3 is 3.00 bits per heavy atom. The van der Waals surface area contributed by atoms with Crippen LogP contribution < -0.4 is 4.74 Å². The molecule has 0 radical (unpaired) electrons. The van der Waals surface area contributed by atoms with Gasteiger partial charge in [0.15, 0.2) is 12.7 Å². The van der Waals surface area contributed by atoms with Gasteiger partial charge in [-0.25, -0.2) is 4.79 Å². The molecule has 0 saturated carbocycles. The molecule has 0 bridgehead atoms. The first-order chi connectivity index (χ1) is 10.2. The molecule has 0 aromatic heterocycles. The molecule has 1 atom stereocenters. The Labute approximate surface area is 125 Å². The van der Waals surface area contributed by atoms with E-state index in [0.717, 1.165) is 11.3 Å². The topological polar surface area (TPSA) is 44.8 Å². The quantitative estimate of drug-likeness (QED) is 0.335. The van der Waals surface area contributed by atoms with E-state index in [1.165, 1.54) is 0 Å². The van der Waals surface area contributed by atoms with E-state index < -0.39 is 12.1 Å². The second-order valence-corrected chi connectivity index (χ2v) is 4.23. The summed E-state index contributed by atoms with van der Waals surface area (Å²) in [5, 5.41) is 0. The van der Waals surface area contributed by atoms with E-state index >= 15 is 0 Å². The molecular weight excluding hydrogens is 268 g/mol. The van der Waals surface area contributed by atoms with Crippen LogP contribution in [0.25, 0.3) is 0 Å². The summed E-state index contributed by atoms with van der Waals surface area (Å²) in [4.78, 5) is 11.6. The van der Waals surface area contributed by atoms with Crippen LogP contribution in [0.3, 0.4) is 0 Å². The Morgan fingerprint density at radius 2 is 2.29 bits per heavy atom. The van der Waals surface area contributed by atoms with Crippen LogP contribution in [-0.4, -0.2) is 32.4 Å². The summed E-state index contributed by atoms with van der Waals surface area (Å²) >= 11 is 0. The summed E-state index contributed by atoms with van der Waals surface area (Å²) in [6, 6.07) is 7.37. The van der Waals surface area contributed by atoms with Gasteiger partial charge < -0.3 is 14.2 Å². The van der Waals surface area contributed by atoms with Crippen LogP contribution in [-0.2, 0) is 14.3 Å². The van der Waals surface area contributed by atoms with Gasteiger partial charge in [-0.1, -0.05) is 24.0 Å². The lowest BCUT2D eigenvalue weighted by molar-refractivity contribution is -0.154. The number of carbonyl (C=O) groups excluding carboxylic acids is 1. The molecule has 0 aliphatic rings. The van der Waals surface area contributed by atoms with Gasteiger partial charge in [0, 0.05) is 5.56 Å². The van der Waals surface area contributed by atoms with E-state index in [1.54, 1.807) is 20.1 Å². The number of methoxy groups -OCH3 is 1. The molecule has 0 spiro atoms. The number of rotatable bonds is 7. The Morgan fingerprint density at radius 1 is 1.48 bits per heavy atom. The highest BCUT2D eigenvalue weighted by molar-refractivity contribution is 5.74. The van der Waals surface area contributed by atoms with E-state index in [4.69, 9.17) is 14.2 Å². The van der Waals surface area contributed by atoms with Crippen molar-refractivity contribution in [1.29, 1.82) is 0 Å². The summed E-state index contributed by atoms with van der Waals surface area (Å²) in [7, 11) is 1.60. The van der Waals surface area contributed by atoms with Crippen molar-refractivity contribution in [2.75, 3.05) is 20.3 Å². The van der Waals surface area contributed by atoms with Crippen molar-refractivity contribution in [2.45, 2.75) is 19.4 Å². The summed E-state index contributed by atoms with van der Waals surface area (Å²) in [5.41, 5.74) is 0.806. The number of ether oxygens (including phenoxy) is 3. The lowest BCUT2D eigenvalue weighted by Gasteiger charge is -2.10. The Hall–Kier alpha value is -2.25. The summed E-state index contributed by atoms with van der Waals surface area (Å²) < 4.78 is 15.4. The van der Waals surface area contributed by atoms with Gasteiger partial charge in [0.1, 0.15) is 5.75 Å². The minimum absolute atomic E-state index is 0.0329. The highest BCUT2D eigenvalue weighted by atomic mass is 16.6. The number of esters is 1. The maximum absolute atomic E-state index is 11.6. The predicted molar refractivity (Wildman–Crippen MR) is 81.1 cm³/mol. The normalized spacial score (nSPS) is 11.0. The van der Waals surface area contributed by atoms with Crippen LogP contribution in [0.1, 0.15) is 18.9 Å². The molecular formula is C17H20O4. The first-order valence-corrected chi connectivity index (χ1v) is 6.69. The van der Waals surface area contributed by atoms with Gasteiger partial charge in [0.05, 0.1) is 13.7 Å². The number of carbonyl (C=O) groups is 1. The van der Waals surface area contributed by atoms with Crippen molar-refractivity contribution in [2.24, 2.45) is 0 Å². The van der Waals surface area contributed by atoms with Crippen molar-refractivity contribution in [3.63, 3.8) is 0 Å². The zero-order valence-electron chi connectivity index (χ0n) is 12.4. The molecule has 1 rings (SSSR count). The number of hydrogen-bond donors (Lipinski definition) is 0. The third-order valence-electron chi connectivity index (χ3n) is 2.61. The molecule has 0 heterocycles. The maximum Gasteiger partial charge on any atom is 0.335 e. The van der Waals surface area contributed by atoms with E-state index in [0.29, 0.717) is 13.0 Å². The highest BCUT2D eigenvalue weighted by Gasteiger charge is 2.13. The van der Waals surface area contributed by atoms with Gasteiger partial charge >= 0.3 is 5.97 Å². The van der Waals surface area contributed by atoms with Crippen LogP contribution in [0.2, 0.25) is 0 Å². The van der Waals surface area contributed by atoms with Gasteiger partial charge in [-0.3, -0.25) is 0 Å². The van der Waals surface area contributed by atoms with E-state index in [-0.39, 0.29) is 6.61 Å². The van der Waals surface area contributed by atoms with Crippen molar-refractivity contribution in [3.8, 4) is 17.6 Å². The second-order valence-electron chi connectivity index (χ2n) is 4.23. The van der Waals surface area contributed by atoms with Crippen molar-refractivity contribution in [1.82, 2.24) is 0 Å². The average molecular weight is 288 g/mol. The monoisotopic (exact) mass is 288 g/mol. The third-order valence-corrected chi connectivity index (χ3v) is 2.61. The smallest absolute Gasteiger partial charge is 0.335 e. The van der Waals surface area contributed by atoms with Gasteiger partial charge in [-0.05, 0) is 31.5 Å². The zero-order valence-corrected chi connectivity index (χ0v) is 12.4. The molecule has 21 heavy (non-hydrogen) atoms. The fourth-order valence-electron chi connectivity index (χ4n) is 1.46. The van der Waals surface area contributed by atoms with Gasteiger partial charge in [0.25, 0.3) is 0 Å². The highest BCUT2D eigenvalue weighted by Crippen LogP contribution is 2.11. The van der Waals surface area contributed by atoms with Gasteiger partial charge in [-0.15, -0.1) is 6.58 Å². The Kier molecular flexibility index (Phi) is 7.70. The second kappa shape index (κ2) is 9.62. The Balaban J connectivity index is 2.37. The summed E-state index contributed by atoms with van der Waals surface area (Å²) in [5.74, 6) is 6.01. The third kappa shape index (κ3) is 6.64. The molecule has 1 aromatic rings. The number of hydrogen-bond acceptors (Lipinski definition) is 4. The first kappa shape index (κ1) is 16.8. The average Bonchev–Trinajstić information content (AvgIpc) is 2.51. The standard InChI is InChI=1S/C17H20O4/c1-4-5-11-20-14(2)17(18)21-12-7-9-15-8-6-10-16(13-15)19-3/h4,6,8,10,13-14H,1,5,11-12H2,2-3H3/t14-/m1/s1. The molecule has 0 unspecified atom stereocenters. The molecule has 0 amide bonds. The van der Waals surface area contributed by atoms with Crippen molar-refractivity contribution < 1.29 is 19.0 Å². The van der Waals surface area contributed by atoms with Crippen LogP contribution in [0, 0.1) is 11.8 Å². The Bertz CT molecular complexity index is 525. The van der Waals surface area contributed by atoms with Crippen LogP contribution in [0.5, 0.6) is 5.75 Å². The first-order valence-electron chi connectivity index (χ1n) is 6.69. The molecule has 4 heteroatoms. The van der Waals surface area contributed by atoms with E-state index in [1.807, 2.05) is 24.3 Å². The van der Waals surface area contributed by atoms with Gasteiger partial charge in [0.2, 0.25) is 0 Å². The van der Waals surface area contributed by atoms with Gasteiger partial charge in [-0.2, -0.15) is 0 Å². The molecule has 0 aliphatic carbocycles. The number of benzene rings is 1. The molecule has 1 aromatic carbocycles.